The van der Waals surface area contributed by atoms with Crippen molar-refractivity contribution in [2.24, 2.45) is 0 Å². The van der Waals surface area contributed by atoms with Crippen LogP contribution in [-0.2, 0) is 10.1 Å². The molecule has 0 radical (unpaired) electrons. The van der Waals surface area contributed by atoms with Crippen LogP contribution in [0.15, 0.2) is 53.4 Å². The summed E-state index contributed by atoms with van der Waals surface area (Å²) in [5.74, 6) is 0.0471. The summed E-state index contributed by atoms with van der Waals surface area (Å²) < 4.78 is 34.3. The molecule has 0 aliphatic rings. The SMILES string of the molecule is COc1ccc(B(O)O)cc1OS(=O)(=O)c1ccccc1. The molecule has 0 atom stereocenters. The second-order valence-electron chi connectivity index (χ2n) is 4.13. The first-order chi connectivity index (χ1) is 9.94. The molecule has 0 fully saturated rings. The summed E-state index contributed by atoms with van der Waals surface area (Å²) in [6.45, 7) is 0. The van der Waals surface area contributed by atoms with Gasteiger partial charge in [-0.05, 0) is 29.7 Å². The molecule has 8 heteroatoms. The third-order valence-corrected chi connectivity index (χ3v) is 3.97. The summed E-state index contributed by atoms with van der Waals surface area (Å²) in [7, 11) is -4.42. The lowest BCUT2D eigenvalue weighted by molar-refractivity contribution is 0.390. The average Bonchev–Trinajstić information content (AvgIpc) is 2.47. The van der Waals surface area contributed by atoms with Gasteiger partial charge in [-0.2, -0.15) is 8.42 Å². The molecule has 21 heavy (non-hydrogen) atoms. The zero-order valence-electron chi connectivity index (χ0n) is 11.1. The lowest BCUT2D eigenvalue weighted by Crippen LogP contribution is -2.29. The molecule has 2 aromatic carbocycles. The van der Waals surface area contributed by atoms with Gasteiger partial charge in [0.05, 0.1) is 7.11 Å². The van der Waals surface area contributed by atoms with Crippen molar-refractivity contribution in [2.45, 2.75) is 4.90 Å². The Morgan fingerprint density at radius 3 is 2.24 bits per heavy atom. The van der Waals surface area contributed by atoms with E-state index in [0.29, 0.717) is 0 Å². The average molecular weight is 308 g/mol. The van der Waals surface area contributed by atoms with Crippen molar-refractivity contribution in [3.63, 3.8) is 0 Å². The second-order valence-corrected chi connectivity index (χ2v) is 5.68. The highest BCUT2D eigenvalue weighted by Crippen LogP contribution is 2.28. The van der Waals surface area contributed by atoms with Crippen molar-refractivity contribution < 1.29 is 27.4 Å². The number of hydrogen-bond acceptors (Lipinski definition) is 6. The maximum Gasteiger partial charge on any atom is 0.488 e. The van der Waals surface area contributed by atoms with E-state index in [1.54, 1.807) is 18.2 Å². The van der Waals surface area contributed by atoms with Crippen LogP contribution >= 0.6 is 0 Å². The quantitative estimate of drug-likeness (QED) is 0.603. The molecule has 0 amide bonds. The van der Waals surface area contributed by atoms with Crippen LogP contribution in [0, 0.1) is 0 Å². The minimum Gasteiger partial charge on any atom is -0.493 e. The molecule has 2 aromatic rings. The summed E-state index contributed by atoms with van der Waals surface area (Å²) in [6, 6.07) is 11.6. The van der Waals surface area contributed by atoms with Gasteiger partial charge in [0.1, 0.15) is 4.90 Å². The first-order valence-corrected chi connectivity index (χ1v) is 7.38. The van der Waals surface area contributed by atoms with E-state index >= 15 is 0 Å². The molecule has 0 spiro atoms. The fourth-order valence-electron chi connectivity index (χ4n) is 1.67. The van der Waals surface area contributed by atoms with Crippen molar-refractivity contribution in [1.82, 2.24) is 0 Å². The van der Waals surface area contributed by atoms with Crippen LogP contribution in [0.1, 0.15) is 0 Å². The van der Waals surface area contributed by atoms with Crippen molar-refractivity contribution in [2.75, 3.05) is 7.11 Å². The van der Waals surface area contributed by atoms with Crippen molar-refractivity contribution in [1.29, 1.82) is 0 Å². The molecule has 110 valence electrons. The fourth-order valence-corrected chi connectivity index (χ4v) is 2.63. The smallest absolute Gasteiger partial charge is 0.488 e. The van der Waals surface area contributed by atoms with E-state index in [0.717, 1.165) is 0 Å². The highest BCUT2D eigenvalue weighted by atomic mass is 32.2. The predicted molar refractivity (Wildman–Crippen MR) is 77.1 cm³/mol. The van der Waals surface area contributed by atoms with Gasteiger partial charge < -0.3 is 19.0 Å². The molecule has 0 heterocycles. The predicted octanol–water partition coefficient (Wildman–Crippen LogP) is 0.143. The third kappa shape index (κ3) is 3.54. The van der Waals surface area contributed by atoms with Gasteiger partial charge in [0.15, 0.2) is 11.5 Å². The van der Waals surface area contributed by atoms with Gasteiger partial charge in [-0.3, -0.25) is 0 Å². The molecule has 0 aliphatic carbocycles. The Morgan fingerprint density at radius 1 is 1.00 bits per heavy atom. The third-order valence-electron chi connectivity index (χ3n) is 2.72. The van der Waals surface area contributed by atoms with E-state index < -0.39 is 17.2 Å². The van der Waals surface area contributed by atoms with Crippen molar-refractivity contribution >= 4 is 22.7 Å². The van der Waals surface area contributed by atoms with Gasteiger partial charge in [-0.1, -0.05) is 24.3 Å². The maximum absolute atomic E-state index is 12.1. The molecule has 0 bridgehead atoms. The molecular formula is C13H13BO6S. The van der Waals surface area contributed by atoms with E-state index in [2.05, 4.69) is 0 Å². The Hall–Kier alpha value is -2.03. The Morgan fingerprint density at radius 2 is 1.67 bits per heavy atom. The van der Waals surface area contributed by atoms with E-state index in [4.69, 9.17) is 19.0 Å². The van der Waals surface area contributed by atoms with Crippen molar-refractivity contribution in [3.05, 3.63) is 48.5 Å². The maximum atomic E-state index is 12.1. The van der Waals surface area contributed by atoms with Crippen LogP contribution in [0.3, 0.4) is 0 Å². The molecule has 0 aliphatic heterocycles. The first kappa shape index (κ1) is 15.4. The number of benzene rings is 2. The lowest BCUT2D eigenvalue weighted by Gasteiger charge is -2.12. The Balaban J connectivity index is 2.40. The van der Waals surface area contributed by atoms with E-state index in [-0.39, 0.29) is 21.9 Å². The largest absolute Gasteiger partial charge is 0.493 e. The summed E-state index contributed by atoms with van der Waals surface area (Å²) in [6.07, 6.45) is 0. The molecule has 2 N–H and O–H groups in total. The molecule has 6 nitrogen and oxygen atoms in total. The first-order valence-electron chi connectivity index (χ1n) is 5.97. The Labute approximate surface area is 122 Å². The summed E-state index contributed by atoms with van der Waals surface area (Å²) in [5, 5.41) is 18.3. The fraction of sp³-hybridized carbons (Fsp3) is 0.0769. The van der Waals surface area contributed by atoms with Gasteiger partial charge in [0.2, 0.25) is 0 Å². The molecule has 2 rings (SSSR count). The number of methoxy groups -OCH3 is 1. The molecule has 0 aromatic heterocycles. The van der Waals surface area contributed by atoms with Crippen LogP contribution in [-0.4, -0.2) is 32.7 Å². The highest BCUT2D eigenvalue weighted by Gasteiger charge is 2.21. The normalized spacial score (nSPS) is 11.0. The number of ether oxygens (including phenoxy) is 1. The van der Waals surface area contributed by atoms with E-state index in [1.165, 1.54) is 37.4 Å². The van der Waals surface area contributed by atoms with E-state index in [1.807, 2.05) is 0 Å². The summed E-state index contributed by atoms with van der Waals surface area (Å²) >= 11 is 0. The molecule has 0 saturated carbocycles. The zero-order chi connectivity index (χ0) is 15.5. The van der Waals surface area contributed by atoms with Gasteiger partial charge in [-0.25, -0.2) is 0 Å². The van der Waals surface area contributed by atoms with Crippen LogP contribution in [0.2, 0.25) is 0 Å². The summed E-state index contributed by atoms with van der Waals surface area (Å²) in [4.78, 5) is -0.0120. The van der Waals surface area contributed by atoms with Crippen LogP contribution < -0.4 is 14.4 Å². The summed E-state index contributed by atoms with van der Waals surface area (Å²) in [5.41, 5.74) is 0.0917. The minimum atomic E-state index is -4.03. The Kier molecular flexibility index (Phi) is 4.51. The van der Waals surface area contributed by atoms with Gasteiger partial charge in [-0.15, -0.1) is 0 Å². The lowest BCUT2D eigenvalue weighted by atomic mass is 9.80. The van der Waals surface area contributed by atoms with Crippen LogP contribution in [0.4, 0.5) is 0 Å². The van der Waals surface area contributed by atoms with Crippen LogP contribution in [0.25, 0.3) is 0 Å². The number of rotatable bonds is 5. The van der Waals surface area contributed by atoms with Crippen LogP contribution in [0.5, 0.6) is 11.5 Å². The second kappa shape index (κ2) is 6.17. The highest BCUT2D eigenvalue weighted by molar-refractivity contribution is 7.87. The van der Waals surface area contributed by atoms with Gasteiger partial charge in [0.25, 0.3) is 0 Å². The molecular weight excluding hydrogens is 295 g/mol. The number of hydrogen-bond donors (Lipinski definition) is 2. The topological polar surface area (TPSA) is 93.1 Å². The molecule has 0 unspecified atom stereocenters. The minimum absolute atomic E-state index is 0.0120. The molecule has 0 saturated heterocycles. The van der Waals surface area contributed by atoms with Gasteiger partial charge in [0, 0.05) is 0 Å². The van der Waals surface area contributed by atoms with Crippen molar-refractivity contribution in [3.8, 4) is 11.5 Å². The zero-order valence-corrected chi connectivity index (χ0v) is 11.9. The van der Waals surface area contributed by atoms with Gasteiger partial charge >= 0.3 is 17.2 Å². The Bertz CT molecular complexity index is 715. The van der Waals surface area contributed by atoms with E-state index in [9.17, 15) is 8.42 Å². The standard InChI is InChI=1S/C13H13BO6S/c1-19-12-8-7-10(14(15)16)9-13(12)20-21(17,18)11-5-3-2-4-6-11/h2-9,15-16H,1H3. The monoisotopic (exact) mass is 308 g/mol.